The Balaban J connectivity index is 1.88. The Bertz CT molecular complexity index is 197. The molecular formula is C10H20N2OS. The van der Waals surface area contributed by atoms with Crippen molar-refractivity contribution in [3.05, 3.63) is 0 Å². The molecule has 2 unspecified atom stereocenters. The fraction of sp³-hybridized carbons (Fsp3) is 1.00. The lowest BCUT2D eigenvalue weighted by Gasteiger charge is -2.35. The lowest BCUT2D eigenvalue weighted by Crippen LogP contribution is -2.48. The Kier molecular flexibility index (Phi) is 3.37. The molecule has 0 amide bonds. The van der Waals surface area contributed by atoms with E-state index in [1.807, 2.05) is 0 Å². The lowest BCUT2D eigenvalue weighted by atomic mass is 9.85. The molecule has 2 aliphatic heterocycles. The van der Waals surface area contributed by atoms with Gasteiger partial charge < -0.3 is 15.4 Å². The number of nitrogens with two attached hydrogens (primary N) is 1. The van der Waals surface area contributed by atoms with Crippen LogP contribution in [0.1, 0.15) is 6.92 Å². The molecule has 0 saturated carbocycles. The Morgan fingerprint density at radius 3 is 2.79 bits per heavy atom. The molecular weight excluding hydrogens is 196 g/mol. The van der Waals surface area contributed by atoms with Crippen molar-refractivity contribution in [3.8, 4) is 0 Å². The molecule has 0 aliphatic carbocycles. The number of ether oxygens (including phenoxy) is 1. The van der Waals surface area contributed by atoms with Crippen molar-refractivity contribution in [2.45, 2.75) is 13.0 Å². The first-order chi connectivity index (χ1) is 6.71. The molecule has 0 spiro atoms. The Morgan fingerprint density at radius 1 is 1.50 bits per heavy atom. The van der Waals surface area contributed by atoms with Gasteiger partial charge in [-0.2, -0.15) is 11.8 Å². The van der Waals surface area contributed by atoms with Crippen molar-refractivity contribution in [2.75, 3.05) is 44.4 Å². The molecule has 2 aliphatic rings. The number of hydrogen-bond acceptors (Lipinski definition) is 4. The van der Waals surface area contributed by atoms with Crippen molar-refractivity contribution < 1.29 is 4.74 Å². The maximum Gasteiger partial charge on any atom is 0.0624 e. The summed E-state index contributed by atoms with van der Waals surface area (Å²) in [5.74, 6) is 2.54. The van der Waals surface area contributed by atoms with Gasteiger partial charge in [-0.3, -0.25) is 0 Å². The summed E-state index contributed by atoms with van der Waals surface area (Å²) in [6, 6.07) is 0.220. The van der Waals surface area contributed by atoms with Crippen LogP contribution < -0.4 is 5.73 Å². The summed E-state index contributed by atoms with van der Waals surface area (Å²) in [4.78, 5) is 2.53. The molecule has 2 fully saturated rings. The second-order valence-electron chi connectivity index (χ2n) is 4.66. The van der Waals surface area contributed by atoms with Crippen LogP contribution >= 0.6 is 11.8 Å². The molecule has 0 aromatic rings. The first-order valence-corrected chi connectivity index (χ1v) is 6.50. The Morgan fingerprint density at radius 2 is 2.21 bits per heavy atom. The van der Waals surface area contributed by atoms with Gasteiger partial charge in [0.05, 0.1) is 13.2 Å². The van der Waals surface area contributed by atoms with Crippen molar-refractivity contribution in [1.29, 1.82) is 0 Å². The monoisotopic (exact) mass is 216 g/mol. The highest BCUT2D eigenvalue weighted by Crippen LogP contribution is 2.28. The van der Waals surface area contributed by atoms with Crippen LogP contribution in [0.4, 0.5) is 0 Å². The van der Waals surface area contributed by atoms with Crippen LogP contribution in [0, 0.1) is 5.41 Å². The highest BCUT2D eigenvalue weighted by atomic mass is 32.2. The van der Waals surface area contributed by atoms with Crippen LogP contribution in [0.25, 0.3) is 0 Å². The van der Waals surface area contributed by atoms with Crippen molar-refractivity contribution in [2.24, 2.45) is 11.1 Å². The van der Waals surface area contributed by atoms with Crippen molar-refractivity contribution in [3.63, 3.8) is 0 Å². The molecule has 14 heavy (non-hydrogen) atoms. The standard InChI is InChI=1S/C10H20N2OS/c1-10(8-13-6-9(10)11)7-12-2-4-14-5-3-12/h9H,2-8,11H2,1H3. The van der Waals surface area contributed by atoms with E-state index in [9.17, 15) is 0 Å². The molecule has 0 radical (unpaired) electrons. The van der Waals surface area contributed by atoms with E-state index in [0.29, 0.717) is 0 Å². The summed E-state index contributed by atoms with van der Waals surface area (Å²) in [7, 11) is 0. The van der Waals surface area contributed by atoms with Crippen LogP contribution in [0.15, 0.2) is 0 Å². The molecule has 2 rings (SSSR count). The summed E-state index contributed by atoms with van der Waals surface area (Å²) < 4.78 is 5.46. The van der Waals surface area contributed by atoms with Crippen LogP contribution in [-0.2, 0) is 4.74 Å². The van der Waals surface area contributed by atoms with Gasteiger partial charge in [-0.25, -0.2) is 0 Å². The molecule has 3 nitrogen and oxygen atoms in total. The van der Waals surface area contributed by atoms with E-state index >= 15 is 0 Å². The smallest absolute Gasteiger partial charge is 0.0624 e. The van der Waals surface area contributed by atoms with Gasteiger partial charge in [-0.15, -0.1) is 0 Å². The van der Waals surface area contributed by atoms with Crippen molar-refractivity contribution >= 4 is 11.8 Å². The zero-order valence-electron chi connectivity index (χ0n) is 8.87. The van der Waals surface area contributed by atoms with Gasteiger partial charge in [0.15, 0.2) is 0 Å². The molecule has 0 aromatic heterocycles. The van der Waals surface area contributed by atoms with Gasteiger partial charge in [-0.1, -0.05) is 6.92 Å². The second-order valence-corrected chi connectivity index (χ2v) is 5.89. The topological polar surface area (TPSA) is 38.5 Å². The Hall–Kier alpha value is 0.230. The fourth-order valence-electron chi connectivity index (χ4n) is 2.16. The minimum Gasteiger partial charge on any atom is -0.379 e. The van der Waals surface area contributed by atoms with Gasteiger partial charge in [-0.05, 0) is 0 Å². The minimum atomic E-state index is 0.183. The SMILES string of the molecule is CC1(CN2CCSCC2)COCC1N. The first-order valence-electron chi connectivity index (χ1n) is 5.34. The van der Waals surface area contributed by atoms with Crippen LogP contribution in [0.3, 0.4) is 0 Å². The third kappa shape index (κ3) is 2.24. The second kappa shape index (κ2) is 4.39. The fourth-order valence-corrected chi connectivity index (χ4v) is 3.14. The summed E-state index contributed by atoms with van der Waals surface area (Å²) in [5, 5.41) is 0. The quantitative estimate of drug-likeness (QED) is 0.725. The van der Waals surface area contributed by atoms with E-state index in [0.717, 1.165) is 19.8 Å². The number of thioether (sulfide) groups is 1. The van der Waals surface area contributed by atoms with E-state index in [4.69, 9.17) is 10.5 Å². The zero-order valence-corrected chi connectivity index (χ0v) is 9.68. The Labute approximate surface area is 90.3 Å². The van der Waals surface area contributed by atoms with Gasteiger partial charge in [0.1, 0.15) is 0 Å². The van der Waals surface area contributed by atoms with Crippen LogP contribution in [-0.4, -0.2) is 55.3 Å². The maximum absolute atomic E-state index is 6.07. The van der Waals surface area contributed by atoms with E-state index in [2.05, 4.69) is 23.6 Å². The van der Waals surface area contributed by atoms with Gasteiger partial charge in [0.25, 0.3) is 0 Å². The van der Waals surface area contributed by atoms with Gasteiger partial charge in [0, 0.05) is 42.6 Å². The molecule has 0 aromatic carbocycles. The largest absolute Gasteiger partial charge is 0.379 e. The third-order valence-corrected chi connectivity index (χ3v) is 4.26. The summed E-state index contributed by atoms with van der Waals surface area (Å²) in [5.41, 5.74) is 6.26. The summed E-state index contributed by atoms with van der Waals surface area (Å²) in [6.45, 7) is 7.36. The molecule has 4 heteroatoms. The molecule has 0 bridgehead atoms. The van der Waals surface area contributed by atoms with Crippen LogP contribution in [0.2, 0.25) is 0 Å². The zero-order chi connectivity index (χ0) is 10.0. The summed E-state index contributed by atoms with van der Waals surface area (Å²) in [6.07, 6.45) is 0. The molecule has 2 N–H and O–H groups in total. The van der Waals surface area contributed by atoms with E-state index < -0.39 is 0 Å². The van der Waals surface area contributed by atoms with Gasteiger partial charge in [0.2, 0.25) is 0 Å². The van der Waals surface area contributed by atoms with Crippen LogP contribution in [0.5, 0.6) is 0 Å². The first kappa shape index (κ1) is 10.7. The highest BCUT2D eigenvalue weighted by molar-refractivity contribution is 7.99. The predicted molar refractivity (Wildman–Crippen MR) is 60.7 cm³/mol. The number of rotatable bonds is 2. The third-order valence-electron chi connectivity index (χ3n) is 3.31. The molecule has 2 saturated heterocycles. The number of nitrogens with zero attached hydrogens (tertiary/aromatic N) is 1. The summed E-state index contributed by atoms with van der Waals surface area (Å²) >= 11 is 2.05. The molecule has 82 valence electrons. The average molecular weight is 216 g/mol. The highest BCUT2D eigenvalue weighted by Gasteiger charge is 2.39. The normalized spacial score (nSPS) is 40.3. The van der Waals surface area contributed by atoms with E-state index in [1.165, 1.54) is 24.6 Å². The maximum atomic E-state index is 6.07. The minimum absolute atomic E-state index is 0.183. The van der Waals surface area contributed by atoms with Crippen molar-refractivity contribution in [1.82, 2.24) is 4.90 Å². The lowest BCUT2D eigenvalue weighted by molar-refractivity contribution is 0.124. The molecule has 2 atom stereocenters. The van der Waals surface area contributed by atoms with E-state index in [1.54, 1.807) is 0 Å². The van der Waals surface area contributed by atoms with Gasteiger partial charge >= 0.3 is 0 Å². The molecule has 2 heterocycles. The van der Waals surface area contributed by atoms with E-state index in [-0.39, 0.29) is 11.5 Å². The number of hydrogen-bond donors (Lipinski definition) is 1. The predicted octanol–water partition coefficient (Wildman–Crippen LogP) is 0.399. The average Bonchev–Trinajstić information content (AvgIpc) is 2.48.